The van der Waals surface area contributed by atoms with E-state index in [9.17, 15) is 5.11 Å². The summed E-state index contributed by atoms with van der Waals surface area (Å²) in [6.45, 7) is 18.7. The van der Waals surface area contributed by atoms with E-state index < -0.39 is 0 Å². The van der Waals surface area contributed by atoms with E-state index in [4.69, 9.17) is 10.1 Å². The Morgan fingerprint density at radius 3 is 2.23 bits per heavy atom. The Morgan fingerprint density at radius 2 is 1.77 bits per heavy atom. The van der Waals surface area contributed by atoms with E-state index in [1.165, 1.54) is 18.4 Å². The quantitative estimate of drug-likeness (QED) is 0.592. The van der Waals surface area contributed by atoms with E-state index in [1.807, 2.05) is 13.1 Å². The van der Waals surface area contributed by atoms with Crippen molar-refractivity contribution in [3.8, 4) is 0 Å². The van der Waals surface area contributed by atoms with E-state index >= 15 is 0 Å². The summed E-state index contributed by atoms with van der Waals surface area (Å²) in [6.07, 6.45) is 9.54. The highest BCUT2D eigenvalue weighted by Gasteiger charge is 2.22. The fourth-order valence-corrected chi connectivity index (χ4v) is 2.81. The molecule has 0 aliphatic carbocycles. The molecule has 1 saturated heterocycles. The van der Waals surface area contributed by atoms with E-state index in [1.54, 1.807) is 13.8 Å². The van der Waals surface area contributed by atoms with Gasteiger partial charge >= 0.3 is 0 Å². The first-order valence-electron chi connectivity index (χ1n) is 11.5. The molecule has 0 aromatic carbocycles. The van der Waals surface area contributed by atoms with Gasteiger partial charge in [0.2, 0.25) is 0 Å². The molecule has 1 aromatic heterocycles. The summed E-state index contributed by atoms with van der Waals surface area (Å²) in [7, 11) is 0. The first-order valence-corrected chi connectivity index (χ1v) is 11.5. The van der Waals surface area contributed by atoms with E-state index in [0.29, 0.717) is 0 Å². The summed E-state index contributed by atoms with van der Waals surface area (Å²) in [5, 5.41) is 21.0. The van der Waals surface area contributed by atoms with Crippen molar-refractivity contribution < 1.29 is 10.2 Å². The van der Waals surface area contributed by atoms with E-state index in [0.717, 1.165) is 36.3 Å². The van der Waals surface area contributed by atoms with Crippen molar-refractivity contribution in [2.75, 3.05) is 6.61 Å². The number of aromatic nitrogens is 2. The maximum absolute atomic E-state index is 9.45. The van der Waals surface area contributed by atoms with Gasteiger partial charge in [-0.3, -0.25) is 9.97 Å². The number of nitrogens with zero attached hydrogens (tertiary/aromatic N) is 2. The fourth-order valence-electron chi connectivity index (χ4n) is 2.81. The van der Waals surface area contributed by atoms with Crippen LogP contribution >= 0.6 is 0 Å². The standard InChI is InChI=1S/C19H31N3O.C3H8O.C3H8/c1-13(19(3,4)5)10-17-14(2)21-18(11-20-17)16-9-7-6-8-15(12-23)22-16;1-3(2)4;1-3-2/h10-11,15-16,22-23H,6-9,12H2,1-5H3;3-4H,1-2H3;3H2,1-2H3/b13-10+;;. The number of hydrogen-bond acceptors (Lipinski definition) is 5. The van der Waals surface area contributed by atoms with Crippen LogP contribution in [-0.2, 0) is 0 Å². The molecule has 2 heterocycles. The topological polar surface area (TPSA) is 78.3 Å². The van der Waals surface area contributed by atoms with Crippen LogP contribution < -0.4 is 5.32 Å². The molecule has 0 bridgehead atoms. The van der Waals surface area contributed by atoms with Crippen LogP contribution in [0.15, 0.2) is 11.8 Å². The molecule has 5 nitrogen and oxygen atoms in total. The van der Waals surface area contributed by atoms with E-state index in [2.05, 4.69) is 57.9 Å². The molecule has 2 rings (SSSR count). The number of aliphatic hydroxyl groups is 2. The Labute approximate surface area is 185 Å². The monoisotopic (exact) mass is 421 g/mol. The van der Waals surface area contributed by atoms with Crippen LogP contribution in [0, 0.1) is 12.3 Å². The van der Waals surface area contributed by atoms with Gasteiger partial charge in [-0.25, -0.2) is 0 Å². The molecule has 1 fully saturated rings. The zero-order valence-corrected chi connectivity index (χ0v) is 20.9. The molecule has 2 atom stereocenters. The maximum Gasteiger partial charge on any atom is 0.0842 e. The third kappa shape index (κ3) is 11.8. The van der Waals surface area contributed by atoms with E-state index in [-0.39, 0.29) is 30.2 Å². The molecule has 0 amide bonds. The molecule has 174 valence electrons. The van der Waals surface area contributed by atoms with Crippen LogP contribution in [0.4, 0.5) is 0 Å². The molecule has 0 spiro atoms. The normalized spacial score (nSPS) is 19.9. The average Bonchev–Trinajstić information content (AvgIpc) is 2.88. The van der Waals surface area contributed by atoms with Gasteiger partial charge in [-0.2, -0.15) is 0 Å². The molecule has 1 aliphatic rings. The summed E-state index contributed by atoms with van der Waals surface area (Å²) in [6, 6.07) is 0.370. The number of hydrogen-bond donors (Lipinski definition) is 3. The molecular weight excluding hydrogens is 374 g/mol. The predicted molar refractivity (Wildman–Crippen MR) is 128 cm³/mol. The molecule has 1 aliphatic heterocycles. The van der Waals surface area contributed by atoms with Gasteiger partial charge < -0.3 is 15.5 Å². The Hall–Kier alpha value is -1.30. The van der Waals surface area contributed by atoms with Crippen LogP contribution in [0.5, 0.6) is 0 Å². The maximum atomic E-state index is 9.45. The molecule has 0 radical (unpaired) electrons. The summed E-state index contributed by atoms with van der Waals surface area (Å²) in [4.78, 5) is 9.44. The van der Waals surface area contributed by atoms with Crippen LogP contribution in [0.3, 0.4) is 0 Å². The number of allylic oxidation sites excluding steroid dienone is 1. The van der Waals surface area contributed by atoms with Gasteiger partial charge in [-0.05, 0) is 52.0 Å². The zero-order valence-electron chi connectivity index (χ0n) is 20.9. The van der Waals surface area contributed by atoms with Gasteiger partial charge in [0.05, 0.1) is 35.9 Å². The highest BCUT2D eigenvalue weighted by Crippen LogP contribution is 2.27. The van der Waals surface area contributed by atoms with Gasteiger partial charge in [0.25, 0.3) is 0 Å². The third-order valence-corrected chi connectivity index (χ3v) is 4.85. The average molecular weight is 422 g/mol. The number of nitrogens with one attached hydrogen (secondary N) is 1. The van der Waals surface area contributed by atoms with Crippen LogP contribution in [0.2, 0.25) is 0 Å². The lowest BCUT2D eigenvalue weighted by Crippen LogP contribution is -2.34. The first-order chi connectivity index (χ1) is 14.0. The molecule has 2 unspecified atom stereocenters. The summed E-state index contributed by atoms with van der Waals surface area (Å²) >= 11 is 0. The predicted octanol–water partition coefficient (Wildman–Crippen LogP) is 5.60. The first kappa shape index (κ1) is 28.7. The van der Waals surface area contributed by atoms with Crippen molar-refractivity contribution in [1.82, 2.24) is 15.3 Å². The van der Waals surface area contributed by atoms with Crippen molar-refractivity contribution in [2.45, 2.75) is 113 Å². The lowest BCUT2D eigenvalue weighted by Gasteiger charge is -2.21. The second-order valence-corrected chi connectivity index (χ2v) is 9.53. The minimum absolute atomic E-state index is 0.143. The number of aliphatic hydroxyl groups excluding tert-OH is 2. The highest BCUT2D eigenvalue weighted by atomic mass is 16.3. The Bertz CT molecular complexity index is 619. The molecule has 3 N–H and O–H groups in total. The minimum atomic E-state index is -0.167. The largest absolute Gasteiger partial charge is 0.395 e. The summed E-state index contributed by atoms with van der Waals surface area (Å²) in [5.74, 6) is 0. The van der Waals surface area contributed by atoms with Crippen molar-refractivity contribution in [3.63, 3.8) is 0 Å². The number of rotatable bonds is 3. The Morgan fingerprint density at radius 1 is 1.23 bits per heavy atom. The van der Waals surface area contributed by atoms with Crippen LogP contribution in [-0.4, -0.2) is 38.9 Å². The van der Waals surface area contributed by atoms with Crippen molar-refractivity contribution >= 4 is 6.08 Å². The van der Waals surface area contributed by atoms with Crippen molar-refractivity contribution in [2.24, 2.45) is 5.41 Å². The second kappa shape index (κ2) is 14.7. The molecule has 30 heavy (non-hydrogen) atoms. The number of aryl methyl sites for hydroxylation is 1. The SMILES string of the molecule is C/C(=C\c1ncc(C2CCCCC(CO)N2)nc1C)C(C)(C)C.CC(C)O.CCC. The molecule has 5 heteroatoms. The molecule has 1 aromatic rings. The summed E-state index contributed by atoms with van der Waals surface area (Å²) < 4.78 is 0. The lowest BCUT2D eigenvalue weighted by molar-refractivity contribution is 0.216. The Balaban J connectivity index is 0.00000105. The van der Waals surface area contributed by atoms with Gasteiger partial charge in [-0.1, -0.05) is 59.5 Å². The lowest BCUT2D eigenvalue weighted by atomic mass is 9.87. The highest BCUT2D eigenvalue weighted by molar-refractivity contribution is 5.51. The minimum Gasteiger partial charge on any atom is -0.395 e. The van der Waals surface area contributed by atoms with Crippen LogP contribution in [0.1, 0.15) is 111 Å². The van der Waals surface area contributed by atoms with Crippen LogP contribution in [0.25, 0.3) is 6.08 Å². The van der Waals surface area contributed by atoms with Gasteiger partial charge in [0.15, 0.2) is 0 Å². The smallest absolute Gasteiger partial charge is 0.0842 e. The Kier molecular flexibility index (Phi) is 14.0. The van der Waals surface area contributed by atoms with Crippen molar-refractivity contribution in [1.29, 1.82) is 0 Å². The van der Waals surface area contributed by atoms with Crippen molar-refractivity contribution in [3.05, 3.63) is 28.9 Å². The zero-order chi connectivity index (χ0) is 23.3. The third-order valence-electron chi connectivity index (χ3n) is 4.85. The summed E-state index contributed by atoms with van der Waals surface area (Å²) in [5.41, 5.74) is 4.36. The molecule has 0 saturated carbocycles. The van der Waals surface area contributed by atoms with Gasteiger partial charge in [0, 0.05) is 12.1 Å². The molecular formula is C25H47N3O2. The van der Waals surface area contributed by atoms with Gasteiger partial charge in [0.1, 0.15) is 0 Å². The second-order valence-electron chi connectivity index (χ2n) is 9.53. The van der Waals surface area contributed by atoms with Gasteiger partial charge in [-0.15, -0.1) is 0 Å². The fraction of sp³-hybridized carbons (Fsp3) is 0.760.